The van der Waals surface area contributed by atoms with Crippen molar-refractivity contribution in [2.75, 3.05) is 24.0 Å². The molecule has 2 rings (SSSR count). The van der Waals surface area contributed by atoms with Crippen LogP contribution in [0.5, 0.6) is 11.5 Å². The quantitative estimate of drug-likeness (QED) is 0.824. The van der Waals surface area contributed by atoms with Crippen LogP contribution in [-0.2, 0) is 0 Å². The van der Waals surface area contributed by atoms with E-state index in [1.54, 1.807) is 14.2 Å². The molecule has 1 aromatic rings. The number of nitrogens with zero attached hydrogens (tertiary/aromatic N) is 2. The van der Waals surface area contributed by atoms with E-state index in [1.807, 2.05) is 12.1 Å². The normalized spacial score (nSPS) is 15.2. The second-order valence-electron chi connectivity index (χ2n) is 7.31. The maximum atomic E-state index is 5.45. The van der Waals surface area contributed by atoms with Gasteiger partial charge in [0.2, 0.25) is 6.67 Å². The van der Waals surface area contributed by atoms with Gasteiger partial charge in [-0.3, -0.25) is 0 Å². The van der Waals surface area contributed by atoms with E-state index in [9.17, 15) is 0 Å². The number of anilines is 2. The lowest BCUT2D eigenvalue weighted by Gasteiger charge is -2.36. The molecule has 0 saturated heterocycles. The summed E-state index contributed by atoms with van der Waals surface area (Å²) in [6.07, 6.45) is 0. The molecule has 0 spiro atoms. The predicted molar refractivity (Wildman–Crippen MR) is 87.3 cm³/mol. The van der Waals surface area contributed by atoms with Gasteiger partial charge in [0.25, 0.3) is 0 Å². The van der Waals surface area contributed by atoms with Crippen molar-refractivity contribution in [3.05, 3.63) is 18.8 Å². The molecule has 4 nitrogen and oxygen atoms in total. The summed E-state index contributed by atoms with van der Waals surface area (Å²) in [4.78, 5) is 4.32. The lowest BCUT2D eigenvalue weighted by molar-refractivity contribution is 0.355. The molecule has 0 aliphatic carbocycles. The van der Waals surface area contributed by atoms with E-state index >= 15 is 0 Å². The summed E-state index contributed by atoms with van der Waals surface area (Å²) in [5.74, 6) is 1.48. The Morgan fingerprint density at radius 2 is 1.10 bits per heavy atom. The van der Waals surface area contributed by atoms with Gasteiger partial charge in [-0.05, 0) is 41.5 Å². The Morgan fingerprint density at radius 1 is 0.762 bits per heavy atom. The van der Waals surface area contributed by atoms with Gasteiger partial charge in [0.05, 0.1) is 25.6 Å². The van der Waals surface area contributed by atoms with E-state index in [-0.39, 0.29) is 11.1 Å². The maximum Gasteiger partial charge on any atom is 0.209 e. The molecule has 1 aliphatic heterocycles. The smallest absolute Gasteiger partial charge is 0.209 e. The van der Waals surface area contributed by atoms with Crippen LogP contribution < -0.4 is 19.3 Å². The number of benzene rings is 1. The van der Waals surface area contributed by atoms with Crippen LogP contribution in [0.25, 0.3) is 0 Å². The van der Waals surface area contributed by atoms with Gasteiger partial charge < -0.3 is 19.3 Å². The Kier molecular flexibility index (Phi) is 3.77. The topological polar surface area (TPSA) is 24.9 Å². The highest BCUT2D eigenvalue weighted by atomic mass is 16.5. The first-order valence-electron chi connectivity index (χ1n) is 7.22. The van der Waals surface area contributed by atoms with Crippen LogP contribution >= 0.6 is 0 Å². The maximum absolute atomic E-state index is 5.45. The average molecular weight is 290 g/mol. The molecular weight excluding hydrogens is 264 g/mol. The Hall–Kier alpha value is -1.58. The lowest BCUT2D eigenvalue weighted by Crippen LogP contribution is -2.45. The van der Waals surface area contributed by atoms with Gasteiger partial charge in [-0.25, -0.2) is 0 Å². The summed E-state index contributed by atoms with van der Waals surface area (Å²) in [5, 5.41) is 0. The molecule has 0 bridgehead atoms. The largest absolute Gasteiger partial charge is 0.493 e. The molecule has 0 saturated carbocycles. The number of rotatable bonds is 2. The zero-order chi connectivity index (χ0) is 16.0. The SMILES string of the molecule is COc1cc2c(cc1OC)N(C(C)(C)C)[C]N2C(C)(C)C. The summed E-state index contributed by atoms with van der Waals surface area (Å²) >= 11 is 0. The highest BCUT2D eigenvalue weighted by Crippen LogP contribution is 2.49. The second kappa shape index (κ2) is 5.00. The Bertz CT molecular complexity index is 480. The first kappa shape index (κ1) is 15.8. The van der Waals surface area contributed by atoms with Crippen molar-refractivity contribution in [2.45, 2.75) is 52.6 Å². The predicted octanol–water partition coefficient (Wildman–Crippen LogP) is 3.92. The van der Waals surface area contributed by atoms with Gasteiger partial charge in [-0.1, -0.05) is 0 Å². The van der Waals surface area contributed by atoms with Crippen molar-refractivity contribution in [3.63, 3.8) is 0 Å². The molecule has 1 aliphatic rings. The Morgan fingerprint density at radius 3 is 1.33 bits per heavy atom. The fourth-order valence-corrected chi connectivity index (χ4v) is 2.45. The van der Waals surface area contributed by atoms with Crippen molar-refractivity contribution < 1.29 is 9.47 Å². The minimum absolute atomic E-state index is 0.0612. The summed E-state index contributed by atoms with van der Waals surface area (Å²) < 4.78 is 10.9. The van der Waals surface area contributed by atoms with Gasteiger partial charge >= 0.3 is 0 Å². The number of fused-ring (bicyclic) bond motifs is 1. The number of ether oxygens (including phenoxy) is 2. The molecule has 0 unspecified atom stereocenters. The highest BCUT2D eigenvalue weighted by Gasteiger charge is 2.40. The first-order chi connectivity index (χ1) is 9.59. The van der Waals surface area contributed by atoms with Crippen molar-refractivity contribution in [1.82, 2.24) is 0 Å². The monoisotopic (exact) mass is 290 g/mol. The van der Waals surface area contributed by atoms with E-state index in [4.69, 9.17) is 9.47 Å². The molecule has 21 heavy (non-hydrogen) atoms. The van der Waals surface area contributed by atoms with E-state index in [1.165, 1.54) is 0 Å². The van der Waals surface area contributed by atoms with Crippen molar-refractivity contribution in [1.29, 1.82) is 0 Å². The molecule has 0 fully saturated rings. The summed E-state index contributed by atoms with van der Waals surface area (Å²) in [6, 6.07) is 4.05. The third-order valence-electron chi connectivity index (χ3n) is 3.50. The molecule has 0 N–H and O–H groups in total. The van der Waals surface area contributed by atoms with E-state index < -0.39 is 0 Å². The second-order valence-corrected chi connectivity index (χ2v) is 7.31. The molecule has 2 radical (unpaired) electrons. The standard InChI is InChI=1S/C17H26N2O2/c1-16(2,3)18-11-19(17(4,5)6)13-10-15(21-8)14(20-7)9-12(13)18/h9-10H,1-8H3. The third-order valence-corrected chi connectivity index (χ3v) is 3.50. The van der Waals surface area contributed by atoms with Crippen LogP contribution in [-0.4, -0.2) is 25.3 Å². The van der Waals surface area contributed by atoms with Crippen LogP contribution in [0.3, 0.4) is 0 Å². The lowest BCUT2D eigenvalue weighted by atomic mass is 10.1. The molecule has 116 valence electrons. The summed E-state index contributed by atoms with van der Waals surface area (Å²) in [5.41, 5.74) is 2.06. The number of methoxy groups -OCH3 is 2. The van der Waals surface area contributed by atoms with Crippen LogP contribution in [0.15, 0.2) is 12.1 Å². The van der Waals surface area contributed by atoms with Crippen molar-refractivity contribution in [3.8, 4) is 11.5 Å². The fourth-order valence-electron chi connectivity index (χ4n) is 2.45. The Balaban J connectivity index is 2.62. The van der Waals surface area contributed by atoms with E-state index in [2.05, 4.69) is 58.0 Å². The van der Waals surface area contributed by atoms with E-state index in [0.717, 1.165) is 22.9 Å². The van der Waals surface area contributed by atoms with Crippen molar-refractivity contribution in [2.24, 2.45) is 0 Å². The minimum Gasteiger partial charge on any atom is -0.493 e. The molecule has 4 heteroatoms. The summed E-state index contributed by atoms with van der Waals surface area (Å²) in [6.45, 7) is 16.5. The zero-order valence-electron chi connectivity index (χ0n) is 14.4. The zero-order valence-corrected chi connectivity index (χ0v) is 14.4. The van der Waals surface area contributed by atoms with Gasteiger partial charge in [0.15, 0.2) is 11.5 Å². The fraction of sp³-hybridized carbons (Fsp3) is 0.588. The van der Waals surface area contributed by atoms with Gasteiger partial charge in [-0.2, -0.15) is 0 Å². The van der Waals surface area contributed by atoms with Crippen LogP contribution in [0, 0.1) is 6.67 Å². The molecule has 0 aromatic heterocycles. The third kappa shape index (κ3) is 2.76. The van der Waals surface area contributed by atoms with Crippen LogP contribution in [0.2, 0.25) is 0 Å². The molecule has 1 heterocycles. The highest BCUT2D eigenvalue weighted by molar-refractivity contribution is 5.83. The van der Waals surface area contributed by atoms with E-state index in [0.29, 0.717) is 0 Å². The Labute approximate surface area is 128 Å². The van der Waals surface area contributed by atoms with Crippen LogP contribution in [0.4, 0.5) is 11.4 Å². The first-order valence-corrected chi connectivity index (χ1v) is 7.22. The van der Waals surface area contributed by atoms with Gasteiger partial charge in [0.1, 0.15) is 0 Å². The average Bonchev–Trinajstić information content (AvgIpc) is 2.74. The molecule has 0 atom stereocenters. The minimum atomic E-state index is -0.0612. The van der Waals surface area contributed by atoms with Gasteiger partial charge in [0, 0.05) is 23.2 Å². The number of hydrogen-bond donors (Lipinski definition) is 0. The molecule has 0 amide bonds. The number of hydrogen-bond acceptors (Lipinski definition) is 4. The van der Waals surface area contributed by atoms with Gasteiger partial charge in [-0.15, -0.1) is 0 Å². The van der Waals surface area contributed by atoms with Crippen LogP contribution in [0.1, 0.15) is 41.5 Å². The summed E-state index contributed by atoms with van der Waals surface area (Å²) in [7, 11) is 3.32. The van der Waals surface area contributed by atoms with Crippen molar-refractivity contribution >= 4 is 11.4 Å². The molecule has 1 aromatic carbocycles. The molecular formula is C17H26N2O2.